The fraction of sp³-hybridized carbons (Fsp3) is 0.588. The molecule has 0 bridgehead atoms. The minimum absolute atomic E-state index is 0.0809. The van der Waals surface area contributed by atoms with Gasteiger partial charge in [-0.15, -0.1) is 0 Å². The average molecular weight is 291 g/mol. The largest absolute Gasteiger partial charge is 0.465 e. The van der Waals surface area contributed by atoms with E-state index < -0.39 is 5.41 Å². The maximum absolute atomic E-state index is 12.6. The van der Waals surface area contributed by atoms with Crippen LogP contribution < -0.4 is 0 Å². The Morgan fingerprint density at radius 3 is 2.48 bits per heavy atom. The van der Waals surface area contributed by atoms with E-state index in [-0.39, 0.29) is 5.97 Å². The van der Waals surface area contributed by atoms with Crippen molar-refractivity contribution in [3.8, 4) is 0 Å². The number of nitrogens with zero attached hydrogens (tertiary/aromatic N) is 1. The predicted molar refractivity (Wildman–Crippen MR) is 82.3 cm³/mol. The lowest BCUT2D eigenvalue weighted by molar-refractivity contribution is -0.152. The summed E-state index contributed by atoms with van der Waals surface area (Å²) in [5.74, 6) is -0.0809. The molecule has 1 aliphatic heterocycles. The molecule has 0 aromatic heterocycles. The molecule has 116 valence electrons. The molecule has 0 N–H and O–H groups in total. The molecule has 0 unspecified atom stereocenters. The summed E-state index contributed by atoms with van der Waals surface area (Å²) in [5, 5.41) is 0. The summed E-state index contributed by atoms with van der Waals surface area (Å²) in [6, 6.07) is 10.1. The van der Waals surface area contributed by atoms with Gasteiger partial charge in [0.25, 0.3) is 0 Å². The van der Waals surface area contributed by atoms with Crippen molar-refractivity contribution < 1.29 is 14.3 Å². The molecule has 2 rings (SSSR count). The third kappa shape index (κ3) is 3.63. The predicted octanol–water partition coefficient (Wildman–Crippen LogP) is 2.23. The molecule has 1 aromatic carbocycles. The Bertz CT molecular complexity index is 439. The summed E-state index contributed by atoms with van der Waals surface area (Å²) in [6.45, 7) is 5.75. The highest BCUT2D eigenvalue weighted by Gasteiger charge is 2.43. The lowest BCUT2D eigenvalue weighted by Gasteiger charge is -2.40. The number of piperidine rings is 1. The van der Waals surface area contributed by atoms with E-state index in [1.807, 2.05) is 37.3 Å². The fourth-order valence-electron chi connectivity index (χ4n) is 3.02. The van der Waals surface area contributed by atoms with E-state index in [1.54, 1.807) is 7.11 Å². The van der Waals surface area contributed by atoms with Gasteiger partial charge in [-0.25, -0.2) is 0 Å². The lowest BCUT2D eigenvalue weighted by atomic mass is 9.72. The smallest absolute Gasteiger partial charge is 0.316 e. The lowest BCUT2D eigenvalue weighted by Crippen LogP contribution is -2.48. The number of hydrogen-bond donors (Lipinski definition) is 0. The molecule has 0 saturated carbocycles. The summed E-state index contributed by atoms with van der Waals surface area (Å²) in [5.41, 5.74) is 0.593. The number of benzene rings is 1. The first kappa shape index (κ1) is 16.0. The van der Waals surface area contributed by atoms with Gasteiger partial charge in [-0.3, -0.25) is 4.79 Å². The normalized spacial score (nSPS) is 18.4. The van der Waals surface area contributed by atoms with Crippen LogP contribution in [0.2, 0.25) is 0 Å². The van der Waals surface area contributed by atoms with Crippen LogP contribution in [0.4, 0.5) is 0 Å². The molecule has 1 aliphatic rings. The highest BCUT2D eigenvalue weighted by Crippen LogP contribution is 2.36. The minimum Gasteiger partial charge on any atom is -0.465 e. The van der Waals surface area contributed by atoms with E-state index in [4.69, 9.17) is 9.47 Å². The monoisotopic (exact) mass is 291 g/mol. The summed E-state index contributed by atoms with van der Waals surface area (Å²) in [7, 11) is 1.72. The number of carbonyl (C=O) groups is 1. The van der Waals surface area contributed by atoms with E-state index in [2.05, 4.69) is 4.90 Å². The van der Waals surface area contributed by atoms with Gasteiger partial charge in [-0.1, -0.05) is 30.3 Å². The Morgan fingerprint density at radius 2 is 1.90 bits per heavy atom. The number of hydrogen-bond acceptors (Lipinski definition) is 4. The summed E-state index contributed by atoms with van der Waals surface area (Å²) in [6.07, 6.45) is 1.61. The SMILES string of the molecule is CCOC(=O)C1(c2ccccc2)CCN(CCOC)CC1. The van der Waals surface area contributed by atoms with Crippen LogP contribution in [0.15, 0.2) is 30.3 Å². The zero-order valence-electron chi connectivity index (χ0n) is 13.0. The first-order chi connectivity index (χ1) is 10.2. The topological polar surface area (TPSA) is 38.8 Å². The van der Waals surface area contributed by atoms with Crippen molar-refractivity contribution in [1.29, 1.82) is 0 Å². The molecule has 1 aromatic rings. The summed E-state index contributed by atoms with van der Waals surface area (Å²) < 4.78 is 10.5. The Labute approximate surface area is 127 Å². The highest BCUT2D eigenvalue weighted by molar-refractivity contribution is 5.83. The molecule has 21 heavy (non-hydrogen) atoms. The Balaban J connectivity index is 2.14. The van der Waals surface area contributed by atoms with Crippen LogP contribution in [-0.4, -0.2) is 50.8 Å². The van der Waals surface area contributed by atoms with Crippen LogP contribution in [0.3, 0.4) is 0 Å². The second kappa shape index (κ2) is 7.57. The van der Waals surface area contributed by atoms with Crippen LogP contribution in [0.25, 0.3) is 0 Å². The third-order valence-electron chi connectivity index (χ3n) is 4.31. The van der Waals surface area contributed by atoms with E-state index in [1.165, 1.54) is 0 Å². The van der Waals surface area contributed by atoms with Crippen molar-refractivity contribution in [3.63, 3.8) is 0 Å². The molecule has 0 aliphatic carbocycles. The van der Waals surface area contributed by atoms with Crippen LogP contribution >= 0.6 is 0 Å². The molecule has 0 amide bonds. The van der Waals surface area contributed by atoms with E-state index >= 15 is 0 Å². The number of rotatable bonds is 6. The highest BCUT2D eigenvalue weighted by atomic mass is 16.5. The van der Waals surface area contributed by atoms with Crippen molar-refractivity contribution in [2.24, 2.45) is 0 Å². The van der Waals surface area contributed by atoms with Crippen molar-refractivity contribution in [2.75, 3.05) is 40.0 Å². The van der Waals surface area contributed by atoms with Crippen LogP contribution in [0, 0.1) is 0 Å². The first-order valence-corrected chi connectivity index (χ1v) is 7.67. The van der Waals surface area contributed by atoms with Gasteiger partial charge < -0.3 is 14.4 Å². The molecule has 1 fully saturated rings. The van der Waals surface area contributed by atoms with E-state index in [0.29, 0.717) is 6.61 Å². The fourth-order valence-corrected chi connectivity index (χ4v) is 3.02. The van der Waals surface area contributed by atoms with Gasteiger partial charge in [0.2, 0.25) is 0 Å². The zero-order valence-corrected chi connectivity index (χ0v) is 13.0. The number of likely N-dealkylation sites (tertiary alicyclic amines) is 1. The number of carbonyl (C=O) groups excluding carboxylic acids is 1. The molecular weight excluding hydrogens is 266 g/mol. The average Bonchev–Trinajstić information content (AvgIpc) is 2.54. The number of methoxy groups -OCH3 is 1. The summed E-state index contributed by atoms with van der Waals surface area (Å²) in [4.78, 5) is 14.9. The standard InChI is InChI=1S/C17H25NO3/c1-3-21-16(19)17(15-7-5-4-6-8-15)9-11-18(12-10-17)13-14-20-2/h4-8H,3,9-14H2,1-2H3. The van der Waals surface area contributed by atoms with Gasteiger partial charge in [0.15, 0.2) is 0 Å². The van der Waals surface area contributed by atoms with E-state index in [9.17, 15) is 4.79 Å². The van der Waals surface area contributed by atoms with Crippen molar-refractivity contribution in [2.45, 2.75) is 25.2 Å². The van der Waals surface area contributed by atoms with Gasteiger partial charge in [-0.05, 0) is 38.4 Å². The van der Waals surface area contributed by atoms with Crippen LogP contribution in [0.5, 0.6) is 0 Å². The molecule has 1 saturated heterocycles. The van der Waals surface area contributed by atoms with Crippen molar-refractivity contribution in [3.05, 3.63) is 35.9 Å². The minimum atomic E-state index is -0.485. The van der Waals surface area contributed by atoms with E-state index in [0.717, 1.165) is 44.6 Å². The van der Waals surface area contributed by atoms with Gasteiger partial charge in [0.05, 0.1) is 18.6 Å². The van der Waals surface area contributed by atoms with Gasteiger partial charge in [-0.2, -0.15) is 0 Å². The molecule has 1 heterocycles. The van der Waals surface area contributed by atoms with Crippen LogP contribution in [-0.2, 0) is 19.7 Å². The Kier molecular flexibility index (Phi) is 5.76. The van der Waals surface area contributed by atoms with Crippen LogP contribution in [0.1, 0.15) is 25.3 Å². The van der Waals surface area contributed by atoms with Crippen molar-refractivity contribution >= 4 is 5.97 Å². The molecule has 4 nitrogen and oxygen atoms in total. The quantitative estimate of drug-likeness (QED) is 0.753. The maximum Gasteiger partial charge on any atom is 0.316 e. The Hall–Kier alpha value is -1.39. The zero-order chi connectivity index (χ0) is 15.1. The number of esters is 1. The second-order valence-corrected chi connectivity index (χ2v) is 5.50. The van der Waals surface area contributed by atoms with Crippen molar-refractivity contribution in [1.82, 2.24) is 4.90 Å². The maximum atomic E-state index is 12.6. The Morgan fingerprint density at radius 1 is 1.24 bits per heavy atom. The molecule has 4 heteroatoms. The first-order valence-electron chi connectivity index (χ1n) is 7.67. The number of ether oxygens (including phenoxy) is 2. The van der Waals surface area contributed by atoms with Gasteiger partial charge in [0, 0.05) is 13.7 Å². The molecule has 0 radical (unpaired) electrons. The third-order valence-corrected chi connectivity index (χ3v) is 4.31. The molecular formula is C17H25NO3. The van der Waals surface area contributed by atoms with Gasteiger partial charge >= 0.3 is 5.97 Å². The molecule has 0 spiro atoms. The second-order valence-electron chi connectivity index (χ2n) is 5.50. The molecule has 0 atom stereocenters. The summed E-state index contributed by atoms with van der Waals surface area (Å²) >= 11 is 0. The van der Waals surface area contributed by atoms with Gasteiger partial charge in [0.1, 0.15) is 0 Å².